The van der Waals surface area contributed by atoms with Gasteiger partial charge in [-0.25, -0.2) is 4.98 Å². The number of pyridine rings is 1. The van der Waals surface area contributed by atoms with Gasteiger partial charge in [-0.1, -0.05) is 30.6 Å². The van der Waals surface area contributed by atoms with Gasteiger partial charge in [0.15, 0.2) is 11.4 Å². The van der Waals surface area contributed by atoms with E-state index < -0.39 is 0 Å². The molecule has 1 aliphatic carbocycles. The number of thiazole rings is 1. The molecule has 0 spiro atoms. The first-order valence-corrected chi connectivity index (χ1v) is 9.38. The van der Waals surface area contributed by atoms with Gasteiger partial charge in [0.2, 0.25) is 0 Å². The van der Waals surface area contributed by atoms with Crippen LogP contribution in [0, 0.1) is 0 Å². The minimum Gasteiger partial charge on any atom is -0.457 e. The predicted octanol–water partition coefficient (Wildman–Crippen LogP) is 5.04. The van der Waals surface area contributed by atoms with Crippen molar-refractivity contribution in [1.29, 1.82) is 0 Å². The van der Waals surface area contributed by atoms with Crippen LogP contribution in [0.3, 0.4) is 0 Å². The van der Waals surface area contributed by atoms with Crippen molar-refractivity contribution < 1.29 is 9.53 Å². The second-order valence-electron chi connectivity index (χ2n) is 6.26. The Labute approximate surface area is 150 Å². The minimum absolute atomic E-state index is 0.357. The van der Waals surface area contributed by atoms with Gasteiger partial charge < -0.3 is 10.1 Å². The number of benzene rings is 1. The number of ether oxygens (including phenoxy) is 1. The van der Waals surface area contributed by atoms with Gasteiger partial charge in [0, 0.05) is 24.4 Å². The summed E-state index contributed by atoms with van der Waals surface area (Å²) < 4.78 is 6.93. The van der Waals surface area contributed by atoms with Crippen molar-refractivity contribution in [3.63, 3.8) is 0 Å². The Morgan fingerprint density at radius 3 is 2.80 bits per heavy atom. The molecule has 2 heterocycles. The quantitative estimate of drug-likeness (QED) is 0.651. The van der Waals surface area contributed by atoms with E-state index in [9.17, 15) is 4.79 Å². The molecular formula is C19H19N3O2S. The molecule has 0 unspecified atom stereocenters. The number of anilines is 1. The largest absolute Gasteiger partial charge is 0.457 e. The SMILES string of the molecule is O=Cc1cc(Oc2ccc3nc(NC4CCCCC4)sc3c2)ccn1. The number of hydrogen-bond acceptors (Lipinski definition) is 6. The maximum Gasteiger partial charge on any atom is 0.184 e. The summed E-state index contributed by atoms with van der Waals surface area (Å²) >= 11 is 1.65. The molecule has 128 valence electrons. The van der Waals surface area contributed by atoms with Crippen LogP contribution < -0.4 is 10.1 Å². The van der Waals surface area contributed by atoms with Crippen LogP contribution in [0.1, 0.15) is 42.6 Å². The highest BCUT2D eigenvalue weighted by Gasteiger charge is 2.15. The minimum atomic E-state index is 0.357. The van der Waals surface area contributed by atoms with E-state index in [1.54, 1.807) is 29.7 Å². The molecule has 5 nitrogen and oxygen atoms in total. The Kier molecular flexibility index (Phi) is 4.61. The Balaban J connectivity index is 1.52. The molecule has 1 aliphatic rings. The molecular weight excluding hydrogens is 334 g/mol. The summed E-state index contributed by atoms with van der Waals surface area (Å²) in [6.45, 7) is 0. The number of carbonyl (C=O) groups is 1. The molecule has 3 aromatic rings. The normalized spacial score (nSPS) is 15.2. The third-order valence-corrected chi connectivity index (χ3v) is 5.35. The van der Waals surface area contributed by atoms with Crippen molar-refractivity contribution in [2.24, 2.45) is 0 Å². The van der Waals surface area contributed by atoms with Crippen LogP contribution in [0.2, 0.25) is 0 Å². The average molecular weight is 353 g/mol. The zero-order chi connectivity index (χ0) is 17.1. The fraction of sp³-hybridized carbons (Fsp3) is 0.316. The first-order valence-electron chi connectivity index (χ1n) is 8.56. The molecule has 25 heavy (non-hydrogen) atoms. The standard InChI is InChI=1S/C19H19N3O2S/c23-12-14-10-16(8-9-20-14)24-15-6-7-17-18(11-15)25-19(22-17)21-13-4-2-1-3-5-13/h6-13H,1-5H2,(H,21,22). The molecule has 0 saturated heterocycles. The van der Waals surface area contributed by atoms with Gasteiger partial charge in [0.05, 0.1) is 10.2 Å². The lowest BCUT2D eigenvalue weighted by atomic mass is 9.96. The fourth-order valence-electron chi connectivity index (χ4n) is 3.14. The van der Waals surface area contributed by atoms with E-state index in [0.717, 1.165) is 21.1 Å². The summed E-state index contributed by atoms with van der Waals surface area (Å²) in [6.07, 6.45) is 8.68. The van der Waals surface area contributed by atoms with E-state index in [2.05, 4.69) is 15.3 Å². The second-order valence-corrected chi connectivity index (χ2v) is 7.29. The summed E-state index contributed by atoms with van der Waals surface area (Å²) in [5, 5.41) is 4.55. The Hall–Kier alpha value is -2.47. The van der Waals surface area contributed by atoms with Gasteiger partial charge in [-0.05, 0) is 31.0 Å². The van der Waals surface area contributed by atoms with Crippen molar-refractivity contribution in [2.75, 3.05) is 5.32 Å². The molecule has 1 saturated carbocycles. The van der Waals surface area contributed by atoms with Crippen molar-refractivity contribution in [3.05, 3.63) is 42.2 Å². The van der Waals surface area contributed by atoms with Crippen LogP contribution in [0.25, 0.3) is 10.2 Å². The number of rotatable bonds is 5. The smallest absolute Gasteiger partial charge is 0.184 e. The van der Waals surface area contributed by atoms with Crippen LogP contribution >= 0.6 is 11.3 Å². The molecule has 6 heteroatoms. The first-order chi connectivity index (χ1) is 12.3. The van der Waals surface area contributed by atoms with Crippen LogP contribution in [-0.4, -0.2) is 22.3 Å². The number of nitrogens with one attached hydrogen (secondary N) is 1. The summed E-state index contributed by atoms with van der Waals surface area (Å²) in [6, 6.07) is 9.76. The second kappa shape index (κ2) is 7.19. The van der Waals surface area contributed by atoms with Gasteiger partial charge in [0.1, 0.15) is 17.2 Å². The first kappa shape index (κ1) is 16.0. The topological polar surface area (TPSA) is 64.1 Å². The Bertz CT molecular complexity index is 887. The van der Waals surface area contributed by atoms with Crippen molar-refractivity contribution in [2.45, 2.75) is 38.1 Å². The van der Waals surface area contributed by atoms with Gasteiger partial charge >= 0.3 is 0 Å². The number of nitrogens with zero attached hydrogens (tertiary/aromatic N) is 2. The van der Waals surface area contributed by atoms with Gasteiger partial charge in [-0.3, -0.25) is 9.78 Å². The maximum absolute atomic E-state index is 10.8. The average Bonchev–Trinajstić information content (AvgIpc) is 3.04. The third kappa shape index (κ3) is 3.79. The number of aldehydes is 1. The van der Waals surface area contributed by atoms with Crippen molar-refractivity contribution in [3.8, 4) is 11.5 Å². The monoisotopic (exact) mass is 353 g/mol. The molecule has 0 bridgehead atoms. The van der Waals surface area contributed by atoms with Crippen LogP contribution in [0.5, 0.6) is 11.5 Å². The maximum atomic E-state index is 10.8. The summed E-state index contributed by atoms with van der Waals surface area (Å²) in [5.41, 5.74) is 1.33. The zero-order valence-corrected chi connectivity index (χ0v) is 14.6. The number of aromatic nitrogens is 2. The molecule has 1 fully saturated rings. The third-order valence-electron chi connectivity index (χ3n) is 4.40. The van der Waals surface area contributed by atoms with Crippen LogP contribution in [0.4, 0.5) is 5.13 Å². The van der Waals surface area contributed by atoms with Gasteiger partial charge in [-0.2, -0.15) is 0 Å². The van der Waals surface area contributed by atoms with Crippen molar-refractivity contribution >= 4 is 33.0 Å². The zero-order valence-electron chi connectivity index (χ0n) is 13.8. The number of carbonyl (C=O) groups excluding carboxylic acids is 1. The number of fused-ring (bicyclic) bond motifs is 1. The van der Waals surface area contributed by atoms with E-state index >= 15 is 0 Å². The molecule has 0 aliphatic heterocycles. The van der Waals surface area contributed by atoms with Crippen LogP contribution in [-0.2, 0) is 0 Å². The Morgan fingerprint density at radius 1 is 1.12 bits per heavy atom. The lowest BCUT2D eigenvalue weighted by Crippen LogP contribution is -2.21. The highest BCUT2D eigenvalue weighted by molar-refractivity contribution is 7.22. The molecule has 2 aromatic heterocycles. The van der Waals surface area contributed by atoms with E-state index in [1.165, 1.54) is 32.1 Å². The highest BCUT2D eigenvalue weighted by atomic mass is 32.1. The molecule has 0 atom stereocenters. The fourth-order valence-corrected chi connectivity index (χ4v) is 4.11. The highest BCUT2D eigenvalue weighted by Crippen LogP contribution is 2.32. The van der Waals surface area contributed by atoms with Gasteiger partial charge in [0.25, 0.3) is 0 Å². The summed E-state index contributed by atoms with van der Waals surface area (Å²) in [5.74, 6) is 1.32. The van der Waals surface area contributed by atoms with Crippen molar-refractivity contribution in [1.82, 2.24) is 9.97 Å². The van der Waals surface area contributed by atoms with Crippen LogP contribution in [0.15, 0.2) is 36.5 Å². The van der Waals surface area contributed by atoms with E-state index in [0.29, 0.717) is 23.8 Å². The molecule has 1 N–H and O–H groups in total. The predicted molar refractivity (Wildman–Crippen MR) is 99.8 cm³/mol. The lowest BCUT2D eigenvalue weighted by Gasteiger charge is -2.22. The molecule has 1 aromatic carbocycles. The van der Waals surface area contributed by atoms with E-state index in [-0.39, 0.29) is 0 Å². The summed E-state index contributed by atoms with van der Waals surface area (Å²) in [7, 11) is 0. The molecule has 0 amide bonds. The lowest BCUT2D eigenvalue weighted by molar-refractivity contribution is 0.111. The Morgan fingerprint density at radius 2 is 1.96 bits per heavy atom. The molecule has 0 radical (unpaired) electrons. The van der Waals surface area contributed by atoms with Gasteiger partial charge in [-0.15, -0.1) is 0 Å². The molecule has 4 rings (SSSR count). The summed E-state index contributed by atoms with van der Waals surface area (Å²) in [4.78, 5) is 19.4. The van der Waals surface area contributed by atoms with E-state index in [4.69, 9.17) is 4.74 Å². The van der Waals surface area contributed by atoms with E-state index in [1.807, 2.05) is 18.2 Å². The number of hydrogen-bond donors (Lipinski definition) is 1.